The molecule has 8 nitrogen and oxygen atoms in total. The van der Waals surface area contributed by atoms with Gasteiger partial charge in [-0.25, -0.2) is 19.2 Å². The molecule has 9 heteroatoms. The first-order chi connectivity index (χ1) is 17.5. The van der Waals surface area contributed by atoms with Crippen LogP contribution in [0.5, 0.6) is 0 Å². The normalized spacial score (nSPS) is 21.0. The van der Waals surface area contributed by atoms with Crippen molar-refractivity contribution in [1.29, 1.82) is 0 Å². The van der Waals surface area contributed by atoms with E-state index in [4.69, 9.17) is 0 Å². The van der Waals surface area contributed by atoms with Crippen LogP contribution in [-0.2, 0) is 24.3 Å². The van der Waals surface area contributed by atoms with Gasteiger partial charge in [0.15, 0.2) is 0 Å². The second-order valence-corrected chi connectivity index (χ2v) is 10.2. The molecule has 2 aromatic rings. The Balaban J connectivity index is 1.08. The number of imide groups is 1. The molecular weight excluding hydrogens is 461 g/mol. The van der Waals surface area contributed by atoms with Gasteiger partial charge < -0.3 is 4.90 Å². The number of nitrogens with zero attached hydrogens (tertiary/aromatic N) is 4. The van der Waals surface area contributed by atoms with Crippen molar-refractivity contribution in [3.63, 3.8) is 0 Å². The molecule has 0 spiro atoms. The average molecular weight is 492 g/mol. The van der Waals surface area contributed by atoms with Crippen LogP contribution in [-0.4, -0.2) is 65.0 Å². The van der Waals surface area contributed by atoms with Gasteiger partial charge in [0.25, 0.3) is 5.91 Å². The summed E-state index contributed by atoms with van der Waals surface area (Å²) in [5.74, 6) is -0.674. The van der Waals surface area contributed by atoms with Crippen LogP contribution in [0, 0.1) is 5.82 Å². The first-order valence-corrected chi connectivity index (χ1v) is 12.8. The molecule has 2 saturated heterocycles. The summed E-state index contributed by atoms with van der Waals surface area (Å²) in [6.45, 7) is 4.36. The van der Waals surface area contributed by atoms with Gasteiger partial charge in [0.2, 0.25) is 5.91 Å². The van der Waals surface area contributed by atoms with Crippen LogP contribution in [0.2, 0.25) is 0 Å². The monoisotopic (exact) mass is 491 g/mol. The van der Waals surface area contributed by atoms with Crippen molar-refractivity contribution in [1.82, 2.24) is 20.2 Å². The largest absolute Gasteiger partial charge is 0.368 e. The van der Waals surface area contributed by atoms with E-state index in [0.29, 0.717) is 18.2 Å². The number of urea groups is 1. The maximum Gasteiger partial charge on any atom is 0.342 e. The second kappa shape index (κ2) is 9.20. The lowest BCUT2D eigenvalue weighted by atomic mass is 9.95. The highest BCUT2D eigenvalue weighted by Gasteiger charge is 2.37. The van der Waals surface area contributed by atoms with Crippen molar-refractivity contribution < 1.29 is 18.8 Å². The summed E-state index contributed by atoms with van der Waals surface area (Å²) in [5.41, 5.74) is 5.00. The van der Waals surface area contributed by atoms with Gasteiger partial charge in [-0.1, -0.05) is 12.1 Å². The summed E-state index contributed by atoms with van der Waals surface area (Å²) in [6, 6.07) is 11.1. The van der Waals surface area contributed by atoms with E-state index in [1.807, 2.05) is 18.2 Å². The van der Waals surface area contributed by atoms with E-state index in [9.17, 15) is 18.8 Å². The zero-order valence-corrected chi connectivity index (χ0v) is 20.2. The molecule has 0 atom stereocenters. The molecule has 0 saturated carbocycles. The third kappa shape index (κ3) is 4.21. The number of hydrazine groups is 1. The molecular formula is C27H30FN5O3. The summed E-state index contributed by atoms with van der Waals surface area (Å²) in [7, 11) is 0. The highest BCUT2D eigenvalue weighted by Crippen LogP contribution is 2.33. The zero-order valence-electron chi connectivity index (χ0n) is 20.2. The Hall–Kier alpha value is -3.46. The number of nitrogens with one attached hydrogen (secondary N) is 1. The summed E-state index contributed by atoms with van der Waals surface area (Å²) in [4.78, 5) is 41.5. The molecule has 4 aliphatic rings. The maximum atomic E-state index is 13.7. The van der Waals surface area contributed by atoms with Gasteiger partial charge in [0.1, 0.15) is 5.82 Å². The number of fused-ring (bicyclic) bond motifs is 2. The minimum atomic E-state index is -0.544. The van der Waals surface area contributed by atoms with Crippen molar-refractivity contribution in [3.8, 4) is 0 Å². The number of halogens is 1. The van der Waals surface area contributed by atoms with Crippen LogP contribution in [0.15, 0.2) is 36.4 Å². The highest BCUT2D eigenvalue weighted by molar-refractivity contribution is 6.01. The van der Waals surface area contributed by atoms with Crippen LogP contribution in [0.4, 0.5) is 14.9 Å². The molecule has 6 rings (SSSR count). The number of hydrogen-bond acceptors (Lipinski definition) is 5. The van der Waals surface area contributed by atoms with Crippen LogP contribution in [0.25, 0.3) is 0 Å². The Morgan fingerprint density at radius 2 is 1.72 bits per heavy atom. The quantitative estimate of drug-likeness (QED) is 0.712. The molecule has 0 aromatic heterocycles. The van der Waals surface area contributed by atoms with Gasteiger partial charge in [0.05, 0.1) is 13.1 Å². The molecule has 4 aliphatic heterocycles. The first kappa shape index (κ1) is 23.0. The smallest absolute Gasteiger partial charge is 0.342 e. The molecule has 2 aromatic carbocycles. The molecule has 0 unspecified atom stereocenters. The lowest BCUT2D eigenvalue weighted by molar-refractivity contribution is -0.123. The van der Waals surface area contributed by atoms with E-state index in [0.717, 1.165) is 68.6 Å². The summed E-state index contributed by atoms with van der Waals surface area (Å²) < 4.78 is 13.7. The lowest BCUT2D eigenvalue weighted by Crippen LogP contribution is -2.56. The number of carbonyl (C=O) groups is 3. The molecule has 2 fully saturated rings. The second-order valence-electron chi connectivity index (χ2n) is 10.2. The molecule has 4 amide bonds. The molecule has 0 aliphatic carbocycles. The first-order valence-electron chi connectivity index (χ1n) is 12.8. The SMILES string of the molecule is O=C1CCN(N2Cc3cc(CN4CCC(N5CCCc6cc(F)ccc65)CC4)ccc3C2=O)C(=O)N1. The van der Waals surface area contributed by atoms with Gasteiger partial charge in [-0.3, -0.25) is 19.8 Å². The highest BCUT2D eigenvalue weighted by atomic mass is 19.1. The number of hydrogen-bond donors (Lipinski definition) is 1. The summed E-state index contributed by atoms with van der Waals surface area (Å²) in [6.07, 6.45) is 4.33. The number of amides is 4. The molecule has 188 valence electrons. The minimum absolute atomic E-state index is 0.154. The molecule has 4 heterocycles. The van der Waals surface area contributed by atoms with Crippen molar-refractivity contribution >= 4 is 23.5 Å². The molecule has 0 radical (unpaired) electrons. The van der Waals surface area contributed by atoms with Crippen molar-refractivity contribution in [2.75, 3.05) is 31.1 Å². The number of piperidine rings is 1. The number of anilines is 1. The number of aryl methyl sites for hydroxylation is 1. The summed E-state index contributed by atoms with van der Waals surface area (Å²) in [5, 5.41) is 5.05. The fraction of sp³-hybridized carbons (Fsp3) is 0.444. The third-order valence-electron chi connectivity index (χ3n) is 7.88. The topological polar surface area (TPSA) is 76.2 Å². The van der Waals surface area contributed by atoms with Crippen molar-refractivity contribution in [2.24, 2.45) is 0 Å². The van der Waals surface area contributed by atoms with Crippen molar-refractivity contribution in [3.05, 3.63) is 64.5 Å². The summed E-state index contributed by atoms with van der Waals surface area (Å²) >= 11 is 0. The van der Waals surface area contributed by atoms with Crippen LogP contribution in [0.1, 0.15) is 52.7 Å². The van der Waals surface area contributed by atoms with Gasteiger partial charge in [-0.15, -0.1) is 0 Å². The predicted molar refractivity (Wildman–Crippen MR) is 132 cm³/mol. The van der Waals surface area contributed by atoms with Gasteiger partial charge >= 0.3 is 6.03 Å². The van der Waals surface area contributed by atoms with E-state index in [2.05, 4.69) is 21.2 Å². The zero-order chi connectivity index (χ0) is 24.8. The van der Waals surface area contributed by atoms with Gasteiger partial charge in [0, 0.05) is 49.9 Å². The van der Waals surface area contributed by atoms with E-state index in [1.54, 1.807) is 12.1 Å². The van der Waals surface area contributed by atoms with E-state index in [1.165, 1.54) is 15.7 Å². The Labute approximate surface area is 209 Å². The van der Waals surface area contributed by atoms with Crippen LogP contribution >= 0.6 is 0 Å². The molecule has 36 heavy (non-hydrogen) atoms. The van der Waals surface area contributed by atoms with E-state index < -0.39 is 6.03 Å². The number of carbonyl (C=O) groups excluding carboxylic acids is 3. The van der Waals surface area contributed by atoms with Crippen molar-refractivity contribution in [2.45, 2.75) is 51.2 Å². The number of benzene rings is 2. The minimum Gasteiger partial charge on any atom is -0.368 e. The predicted octanol–water partition coefficient (Wildman–Crippen LogP) is 3.06. The Morgan fingerprint density at radius 1 is 0.889 bits per heavy atom. The molecule has 1 N–H and O–H groups in total. The van der Waals surface area contributed by atoms with E-state index >= 15 is 0 Å². The number of likely N-dealkylation sites (tertiary alicyclic amines) is 1. The van der Waals surface area contributed by atoms with Crippen LogP contribution in [0.3, 0.4) is 0 Å². The lowest BCUT2D eigenvalue weighted by Gasteiger charge is -2.42. The third-order valence-corrected chi connectivity index (χ3v) is 7.88. The molecule has 0 bridgehead atoms. The Morgan fingerprint density at radius 3 is 2.53 bits per heavy atom. The van der Waals surface area contributed by atoms with Crippen LogP contribution < -0.4 is 10.2 Å². The Bertz CT molecular complexity index is 1230. The fourth-order valence-electron chi connectivity index (χ4n) is 6.06. The maximum absolute atomic E-state index is 13.7. The van der Waals surface area contributed by atoms with Gasteiger partial charge in [-0.05, 0) is 66.6 Å². The standard InChI is InChI=1S/C27H30FN5O3/c28-21-4-6-24-19(15-21)2-1-10-31(24)22-7-11-30(12-8-22)16-18-3-5-23-20(14-18)17-33(26(23)35)32-13-9-25(34)29-27(32)36/h3-6,14-15,22H,1-2,7-13,16-17H2,(H,29,34,36). The van der Waals surface area contributed by atoms with E-state index in [-0.39, 0.29) is 30.6 Å². The average Bonchev–Trinajstić information content (AvgIpc) is 3.19. The number of rotatable bonds is 4. The van der Waals surface area contributed by atoms with Gasteiger partial charge in [-0.2, -0.15) is 0 Å². The fourth-order valence-corrected chi connectivity index (χ4v) is 6.06. The Kier molecular flexibility index (Phi) is 5.87.